The summed E-state index contributed by atoms with van der Waals surface area (Å²) in [5.41, 5.74) is 1.72. The van der Waals surface area contributed by atoms with E-state index in [9.17, 15) is 9.18 Å². The van der Waals surface area contributed by atoms with E-state index in [0.29, 0.717) is 35.2 Å². The summed E-state index contributed by atoms with van der Waals surface area (Å²) in [4.78, 5) is 18.4. The molecule has 0 unspecified atom stereocenters. The molecule has 0 radical (unpaired) electrons. The van der Waals surface area contributed by atoms with Gasteiger partial charge in [-0.2, -0.15) is 0 Å². The van der Waals surface area contributed by atoms with Gasteiger partial charge in [0.2, 0.25) is 0 Å². The Morgan fingerprint density at radius 3 is 2.62 bits per heavy atom. The van der Waals surface area contributed by atoms with Crippen LogP contribution in [0.1, 0.15) is 31.1 Å². The van der Waals surface area contributed by atoms with Crippen molar-refractivity contribution in [3.63, 3.8) is 0 Å². The van der Waals surface area contributed by atoms with E-state index in [1.807, 2.05) is 18.7 Å². The maximum atomic E-state index is 13.6. The van der Waals surface area contributed by atoms with Gasteiger partial charge in [-0.15, -0.1) is 0 Å². The smallest absolute Gasteiger partial charge is 0.341 e. The number of anilines is 1. The van der Waals surface area contributed by atoms with Crippen LogP contribution in [0, 0.1) is 5.82 Å². The highest BCUT2D eigenvalue weighted by molar-refractivity contribution is 6.05. The summed E-state index contributed by atoms with van der Waals surface area (Å²) < 4.78 is 18.7. The molecule has 1 aromatic heterocycles. The standard InChI is InChI=1S/C16H19FN2O2/c1-4-19(5-2)15-12-9-11(17)7-8-14(12)18-10-13(15)16(20)21-6-3/h7-10H,4-6H2,1-3H3. The first-order chi connectivity index (χ1) is 10.1. The second kappa shape index (κ2) is 6.52. The summed E-state index contributed by atoms with van der Waals surface area (Å²) in [7, 11) is 0. The highest BCUT2D eigenvalue weighted by Gasteiger charge is 2.20. The van der Waals surface area contributed by atoms with Gasteiger partial charge in [0.15, 0.2) is 0 Å². The lowest BCUT2D eigenvalue weighted by atomic mass is 10.1. The van der Waals surface area contributed by atoms with Crippen LogP contribution in [-0.2, 0) is 4.74 Å². The third-order valence-electron chi connectivity index (χ3n) is 3.38. The lowest BCUT2D eigenvalue weighted by Gasteiger charge is -2.25. The molecule has 112 valence electrons. The minimum Gasteiger partial charge on any atom is -0.462 e. The number of esters is 1. The first-order valence-electron chi connectivity index (χ1n) is 7.12. The van der Waals surface area contributed by atoms with Gasteiger partial charge in [-0.1, -0.05) is 0 Å². The minimum atomic E-state index is -0.432. The fourth-order valence-electron chi connectivity index (χ4n) is 2.39. The Labute approximate surface area is 123 Å². The lowest BCUT2D eigenvalue weighted by Crippen LogP contribution is -2.25. The zero-order valence-corrected chi connectivity index (χ0v) is 12.5. The van der Waals surface area contributed by atoms with Gasteiger partial charge in [-0.05, 0) is 39.0 Å². The molecule has 1 heterocycles. The molecule has 0 aliphatic rings. The van der Waals surface area contributed by atoms with Crippen LogP contribution in [0.2, 0.25) is 0 Å². The molecular formula is C16H19FN2O2. The molecule has 4 nitrogen and oxygen atoms in total. The number of hydrogen-bond donors (Lipinski definition) is 0. The van der Waals surface area contributed by atoms with E-state index in [1.165, 1.54) is 18.3 Å². The zero-order valence-electron chi connectivity index (χ0n) is 12.5. The molecule has 0 amide bonds. The van der Waals surface area contributed by atoms with E-state index in [-0.39, 0.29) is 12.4 Å². The second-order valence-corrected chi connectivity index (χ2v) is 4.57. The highest BCUT2D eigenvalue weighted by Crippen LogP contribution is 2.30. The van der Waals surface area contributed by atoms with Gasteiger partial charge in [0.05, 0.1) is 17.8 Å². The molecule has 0 N–H and O–H groups in total. The van der Waals surface area contributed by atoms with Crippen LogP contribution in [0.25, 0.3) is 10.9 Å². The fourth-order valence-corrected chi connectivity index (χ4v) is 2.39. The van der Waals surface area contributed by atoms with Crippen LogP contribution >= 0.6 is 0 Å². The first kappa shape index (κ1) is 15.2. The number of hydrogen-bond acceptors (Lipinski definition) is 4. The van der Waals surface area contributed by atoms with Crippen LogP contribution < -0.4 is 4.90 Å². The normalized spacial score (nSPS) is 10.7. The molecule has 0 saturated heterocycles. The number of nitrogens with zero attached hydrogens (tertiary/aromatic N) is 2. The number of aromatic nitrogens is 1. The van der Waals surface area contributed by atoms with Crippen molar-refractivity contribution in [2.45, 2.75) is 20.8 Å². The average molecular weight is 290 g/mol. The Hall–Kier alpha value is -2.17. The van der Waals surface area contributed by atoms with Crippen molar-refractivity contribution < 1.29 is 13.9 Å². The first-order valence-corrected chi connectivity index (χ1v) is 7.12. The van der Waals surface area contributed by atoms with Gasteiger partial charge in [-0.3, -0.25) is 4.98 Å². The van der Waals surface area contributed by atoms with Crippen molar-refractivity contribution in [1.82, 2.24) is 4.98 Å². The van der Waals surface area contributed by atoms with Crippen molar-refractivity contribution in [2.24, 2.45) is 0 Å². The Balaban J connectivity index is 2.73. The molecule has 0 atom stereocenters. The minimum absolute atomic E-state index is 0.289. The van der Waals surface area contributed by atoms with Crippen LogP contribution in [0.5, 0.6) is 0 Å². The average Bonchev–Trinajstić information content (AvgIpc) is 2.48. The van der Waals surface area contributed by atoms with E-state index >= 15 is 0 Å². The number of rotatable bonds is 5. The summed E-state index contributed by atoms with van der Waals surface area (Å²) >= 11 is 0. The third-order valence-corrected chi connectivity index (χ3v) is 3.38. The molecule has 0 fully saturated rings. The Kier molecular flexibility index (Phi) is 4.73. The van der Waals surface area contributed by atoms with Crippen LogP contribution in [0.15, 0.2) is 24.4 Å². The Bertz CT molecular complexity index is 654. The largest absolute Gasteiger partial charge is 0.462 e. The number of halogens is 1. The molecule has 0 spiro atoms. The predicted molar refractivity (Wildman–Crippen MR) is 81.2 cm³/mol. The number of ether oxygens (including phenoxy) is 1. The number of pyridine rings is 1. The number of fused-ring (bicyclic) bond motifs is 1. The fraction of sp³-hybridized carbons (Fsp3) is 0.375. The molecular weight excluding hydrogens is 271 g/mol. The number of carbonyl (C=O) groups excluding carboxylic acids is 1. The van der Waals surface area contributed by atoms with Gasteiger partial charge in [-0.25, -0.2) is 9.18 Å². The molecule has 0 bridgehead atoms. The topological polar surface area (TPSA) is 42.4 Å². The zero-order chi connectivity index (χ0) is 15.4. The van der Waals surface area contributed by atoms with Crippen molar-refractivity contribution in [3.8, 4) is 0 Å². The third kappa shape index (κ3) is 2.96. The van der Waals surface area contributed by atoms with Crippen molar-refractivity contribution in [3.05, 3.63) is 35.8 Å². The summed E-state index contributed by atoms with van der Waals surface area (Å²) in [6.45, 7) is 7.44. The highest BCUT2D eigenvalue weighted by atomic mass is 19.1. The van der Waals surface area contributed by atoms with Crippen molar-refractivity contribution in [1.29, 1.82) is 0 Å². The summed E-state index contributed by atoms with van der Waals surface area (Å²) in [6.07, 6.45) is 1.51. The molecule has 5 heteroatoms. The van der Waals surface area contributed by atoms with E-state index in [2.05, 4.69) is 4.98 Å². The number of benzene rings is 1. The van der Waals surface area contributed by atoms with Gasteiger partial charge in [0.1, 0.15) is 11.4 Å². The molecule has 2 aromatic rings. The van der Waals surface area contributed by atoms with E-state index < -0.39 is 5.97 Å². The molecule has 21 heavy (non-hydrogen) atoms. The SMILES string of the molecule is CCOC(=O)c1cnc2ccc(F)cc2c1N(CC)CC. The number of carbonyl (C=O) groups is 1. The molecule has 0 saturated carbocycles. The van der Waals surface area contributed by atoms with E-state index in [4.69, 9.17) is 4.74 Å². The second-order valence-electron chi connectivity index (χ2n) is 4.57. The van der Waals surface area contributed by atoms with Crippen molar-refractivity contribution in [2.75, 3.05) is 24.6 Å². The maximum Gasteiger partial charge on any atom is 0.341 e. The summed E-state index contributed by atoms with van der Waals surface area (Å²) in [6, 6.07) is 4.40. The van der Waals surface area contributed by atoms with Crippen LogP contribution in [-0.4, -0.2) is 30.6 Å². The van der Waals surface area contributed by atoms with E-state index in [1.54, 1.807) is 13.0 Å². The van der Waals surface area contributed by atoms with Gasteiger partial charge >= 0.3 is 5.97 Å². The van der Waals surface area contributed by atoms with Gasteiger partial charge in [0.25, 0.3) is 0 Å². The van der Waals surface area contributed by atoms with Crippen LogP contribution in [0.3, 0.4) is 0 Å². The predicted octanol–water partition coefficient (Wildman–Crippen LogP) is 3.40. The lowest BCUT2D eigenvalue weighted by molar-refractivity contribution is 0.0527. The quantitative estimate of drug-likeness (QED) is 0.792. The Morgan fingerprint density at radius 1 is 1.29 bits per heavy atom. The molecule has 0 aliphatic heterocycles. The van der Waals surface area contributed by atoms with Gasteiger partial charge < -0.3 is 9.64 Å². The maximum absolute atomic E-state index is 13.6. The monoisotopic (exact) mass is 290 g/mol. The van der Waals surface area contributed by atoms with Crippen LogP contribution in [0.4, 0.5) is 10.1 Å². The van der Waals surface area contributed by atoms with Crippen molar-refractivity contribution >= 4 is 22.6 Å². The Morgan fingerprint density at radius 2 is 2.00 bits per heavy atom. The molecule has 2 rings (SSSR count). The summed E-state index contributed by atoms with van der Waals surface area (Å²) in [5, 5.41) is 0.629. The molecule has 1 aromatic carbocycles. The summed E-state index contributed by atoms with van der Waals surface area (Å²) in [5.74, 6) is -0.781. The van der Waals surface area contributed by atoms with E-state index in [0.717, 1.165) is 0 Å². The molecule has 0 aliphatic carbocycles. The van der Waals surface area contributed by atoms with Gasteiger partial charge in [0, 0.05) is 24.7 Å².